The Balaban J connectivity index is 2.14. The average molecular weight is 291 g/mol. The maximum Gasteiger partial charge on any atom is 0.236 e. The number of hydrogen-bond donors (Lipinski definition) is 1. The summed E-state index contributed by atoms with van der Waals surface area (Å²) in [5.41, 5.74) is 0. The van der Waals surface area contributed by atoms with Crippen molar-refractivity contribution in [1.29, 1.82) is 0 Å². The monoisotopic (exact) mass is 290 g/mol. The van der Waals surface area contributed by atoms with Gasteiger partial charge in [-0.25, -0.2) is 0 Å². The predicted molar refractivity (Wildman–Crippen MR) is 70.9 cm³/mol. The first-order valence-electron chi connectivity index (χ1n) is 6.05. The Morgan fingerprint density at radius 3 is 2.50 bits per heavy atom. The average Bonchev–Trinajstić information content (AvgIpc) is 2.19. The van der Waals surface area contributed by atoms with Gasteiger partial charge in [0.25, 0.3) is 0 Å². The summed E-state index contributed by atoms with van der Waals surface area (Å²) in [7, 11) is 2.17. The van der Waals surface area contributed by atoms with Gasteiger partial charge >= 0.3 is 0 Å². The number of nitrogens with one attached hydrogen (secondary N) is 1. The van der Waals surface area contributed by atoms with Gasteiger partial charge in [-0.15, -0.1) is 0 Å². The molecule has 0 atom stereocenters. The zero-order valence-corrected chi connectivity index (χ0v) is 12.1. The molecule has 4 heteroatoms. The minimum atomic E-state index is -0.445. The second kappa shape index (κ2) is 6.01. The van der Waals surface area contributed by atoms with Gasteiger partial charge in [-0.05, 0) is 59.2 Å². The van der Waals surface area contributed by atoms with E-state index in [2.05, 4.69) is 33.2 Å². The molecule has 16 heavy (non-hydrogen) atoms. The van der Waals surface area contributed by atoms with Crippen LogP contribution >= 0.6 is 15.9 Å². The lowest BCUT2D eigenvalue weighted by molar-refractivity contribution is -0.122. The van der Waals surface area contributed by atoms with Crippen molar-refractivity contribution in [2.75, 3.05) is 26.7 Å². The van der Waals surface area contributed by atoms with Gasteiger partial charge in [0.15, 0.2) is 0 Å². The SMILES string of the molecule is CN1CCC(CCNC(=O)C(C)(C)Br)CC1. The third kappa shape index (κ3) is 4.83. The van der Waals surface area contributed by atoms with E-state index in [1.807, 2.05) is 13.8 Å². The normalized spacial score (nSPS) is 19.8. The summed E-state index contributed by atoms with van der Waals surface area (Å²) in [5, 5.41) is 2.98. The molecule has 1 amide bonds. The van der Waals surface area contributed by atoms with Crippen LogP contribution in [0.5, 0.6) is 0 Å². The smallest absolute Gasteiger partial charge is 0.236 e. The molecule has 1 rings (SSSR count). The first kappa shape index (κ1) is 14.0. The number of likely N-dealkylation sites (tertiary alicyclic amines) is 1. The lowest BCUT2D eigenvalue weighted by Crippen LogP contribution is -2.39. The largest absolute Gasteiger partial charge is 0.355 e. The van der Waals surface area contributed by atoms with Gasteiger partial charge in [-0.1, -0.05) is 15.9 Å². The number of rotatable bonds is 4. The molecule has 1 heterocycles. The minimum absolute atomic E-state index is 0.0837. The summed E-state index contributed by atoms with van der Waals surface area (Å²) in [5.74, 6) is 0.871. The van der Waals surface area contributed by atoms with E-state index in [-0.39, 0.29) is 5.91 Å². The van der Waals surface area contributed by atoms with E-state index in [0.29, 0.717) is 0 Å². The van der Waals surface area contributed by atoms with Crippen LogP contribution in [0.3, 0.4) is 0 Å². The standard InChI is InChI=1S/C12H23BrN2O/c1-12(2,13)11(16)14-7-4-10-5-8-15(3)9-6-10/h10H,4-9H2,1-3H3,(H,14,16). The second-order valence-electron chi connectivity index (χ2n) is 5.26. The molecule has 0 aromatic heterocycles. The number of carbonyl (C=O) groups is 1. The fourth-order valence-electron chi connectivity index (χ4n) is 1.95. The van der Waals surface area contributed by atoms with E-state index < -0.39 is 4.32 Å². The highest BCUT2D eigenvalue weighted by atomic mass is 79.9. The van der Waals surface area contributed by atoms with E-state index >= 15 is 0 Å². The number of carbonyl (C=O) groups excluding carboxylic acids is 1. The summed E-state index contributed by atoms with van der Waals surface area (Å²) < 4.78 is -0.445. The van der Waals surface area contributed by atoms with Crippen molar-refractivity contribution in [1.82, 2.24) is 10.2 Å². The van der Waals surface area contributed by atoms with E-state index in [4.69, 9.17) is 0 Å². The zero-order valence-electron chi connectivity index (χ0n) is 10.6. The fraction of sp³-hybridized carbons (Fsp3) is 0.917. The van der Waals surface area contributed by atoms with Crippen LogP contribution in [-0.4, -0.2) is 41.8 Å². The Morgan fingerprint density at radius 1 is 1.44 bits per heavy atom. The highest BCUT2D eigenvalue weighted by Crippen LogP contribution is 2.19. The molecule has 1 aliphatic heterocycles. The molecule has 0 aliphatic carbocycles. The van der Waals surface area contributed by atoms with Crippen molar-refractivity contribution in [2.24, 2.45) is 5.92 Å². The molecule has 0 saturated carbocycles. The minimum Gasteiger partial charge on any atom is -0.355 e. The Morgan fingerprint density at radius 2 is 2.00 bits per heavy atom. The van der Waals surface area contributed by atoms with E-state index in [1.54, 1.807) is 0 Å². The van der Waals surface area contributed by atoms with Crippen LogP contribution in [0.1, 0.15) is 33.1 Å². The fourth-order valence-corrected chi connectivity index (χ4v) is 2.09. The molecule has 1 N–H and O–H groups in total. The summed E-state index contributed by atoms with van der Waals surface area (Å²) >= 11 is 3.36. The quantitative estimate of drug-likeness (QED) is 0.804. The van der Waals surface area contributed by atoms with Crippen LogP contribution in [-0.2, 0) is 4.79 Å². The topological polar surface area (TPSA) is 32.3 Å². The maximum atomic E-state index is 11.6. The molecule has 1 aliphatic rings. The number of nitrogens with zero attached hydrogens (tertiary/aromatic N) is 1. The molecule has 0 radical (unpaired) electrons. The van der Waals surface area contributed by atoms with Crippen LogP contribution in [0.2, 0.25) is 0 Å². The predicted octanol–water partition coefficient (Wildman–Crippen LogP) is 2.01. The zero-order chi connectivity index (χ0) is 12.2. The van der Waals surface area contributed by atoms with Crippen LogP contribution in [0, 0.1) is 5.92 Å². The number of halogens is 1. The summed E-state index contributed by atoms with van der Waals surface area (Å²) in [4.78, 5) is 14.0. The van der Waals surface area contributed by atoms with Gasteiger partial charge in [-0.3, -0.25) is 4.79 Å². The number of piperidine rings is 1. The van der Waals surface area contributed by atoms with Crippen LogP contribution in [0.4, 0.5) is 0 Å². The molecule has 1 fully saturated rings. The third-order valence-electron chi connectivity index (χ3n) is 3.22. The highest BCUT2D eigenvalue weighted by molar-refractivity contribution is 9.10. The molecule has 0 unspecified atom stereocenters. The Hall–Kier alpha value is -0.0900. The molecule has 0 aromatic rings. The van der Waals surface area contributed by atoms with Crippen molar-refractivity contribution in [3.05, 3.63) is 0 Å². The highest BCUT2D eigenvalue weighted by Gasteiger charge is 2.23. The third-order valence-corrected chi connectivity index (χ3v) is 3.58. The summed E-state index contributed by atoms with van der Waals surface area (Å²) in [6.45, 7) is 6.95. The van der Waals surface area contributed by atoms with E-state index in [0.717, 1.165) is 18.9 Å². The van der Waals surface area contributed by atoms with Crippen molar-refractivity contribution < 1.29 is 4.79 Å². The van der Waals surface area contributed by atoms with Crippen molar-refractivity contribution in [3.63, 3.8) is 0 Å². The Labute approximate surface area is 107 Å². The molecule has 0 bridgehead atoms. The molecule has 0 spiro atoms. The second-order valence-corrected chi connectivity index (χ2v) is 7.25. The van der Waals surface area contributed by atoms with Crippen LogP contribution in [0.15, 0.2) is 0 Å². The number of hydrogen-bond acceptors (Lipinski definition) is 2. The first-order chi connectivity index (χ1) is 7.39. The summed E-state index contributed by atoms with van der Waals surface area (Å²) in [6.07, 6.45) is 3.65. The van der Waals surface area contributed by atoms with E-state index in [9.17, 15) is 4.79 Å². The molecule has 1 saturated heterocycles. The lowest BCUT2D eigenvalue weighted by atomic mass is 9.94. The van der Waals surface area contributed by atoms with Gasteiger partial charge in [0.2, 0.25) is 5.91 Å². The van der Waals surface area contributed by atoms with Gasteiger partial charge in [0.1, 0.15) is 0 Å². The Bertz CT molecular complexity index is 230. The van der Waals surface area contributed by atoms with Crippen molar-refractivity contribution in [2.45, 2.75) is 37.4 Å². The van der Waals surface area contributed by atoms with Crippen molar-refractivity contribution in [3.8, 4) is 0 Å². The van der Waals surface area contributed by atoms with Gasteiger partial charge in [0, 0.05) is 6.54 Å². The van der Waals surface area contributed by atoms with Crippen molar-refractivity contribution >= 4 is 21.8 Å². The molecular formula is C12H23BrN2O. The molecule has 0 aromatic carbocycles. The molecular weight excluding hydrogens is 268 g/mol. The van der Waals surface area contributed by atoms with Gasteiger partial charge < -0.3 is 10.2 Å². The lowest BCUT2D eigenvalue weighted by Gasteiger charge is -2.29. The van der Waals surface area contributed by atoms with Crippen LogP contribution in [0.25, 0.3) is 0 Å². The maximum absolute atomic E-state index is 11.6. The summed E-state index contributed by atoms with van der Waals surface area (Å²) in [6, 6.07) is 0. The molecule has 3 nitrogen and oxygen atoms in total. The van der Waals surface area contributed by atoms with Gasteiger partial charge in [0.05, 0.1) is 4.32 Å². The number of amides is 1. The number of alkyl halides is 1. The van der Waals surface area contributed by atoms with E-state index in [1.165, 1.54) is 25.9 Å². The molecule has 94 valence electrons. The van der Waals surface area contributed by atoms with Crippen LogP contribution < -0.4 is 5.32 Å². The van der Waals surface area contributed by atoms with Gasteiger partial charge in [-0.2, -0.15) is 0 Å². The Kier molecular flexibility index (Phi) is 5.25. The first-order valence-corrected chi connectivity index (χ1v) is 6.84.